The lowest BCUT2D eigenvalue weighted by atomic mass is 9.73. The van der Waals surface area contributed by atoms with Crippen LogP contribution >= 0.6 is 0 Å². The Bertz CT molecular complexity index is 2040. The number of methoxy groups -OCH3 is 1. The van der Waals surface area contributed by atoms with Gasteiger partial charge in [0, 0.05) is 47.5 Å². The third kappa shape index (κ3) is 2.71. The van der Waals surface area contributed by atoms with Gasteiger partial charge in [0.2, 0.25) is 0 Å². The first-order chi connectivity index (χ1) is 20.3. The van der Waals surface area contributed by atoms with Gasteiger partial charge in [-0.15, -0.1) is 0 Å². The monoisotopic (exact) mass is 563 g/mol. The molecule has 5 heterocycles. The highest BCUT2D eigenvalue weighted by atomic mass is 16.6. The summed E-state index contributed by atoms with van der Waals surface area (Å²) in [5.74, 6) is -0.573. The number of amides is 1. The van der Waals surface area contributed by atoms with Gasteiger partial charge in [0.05, 0.1) is 27.6 Å². The molecule has 0 radical (unpaired) electrons. The molecular weight excluding hydrogens is 530 g/mol. The molecule has 5 aromatic rings. The summed E-state index contributed by atoms with van der Waals surface area (Å²) in [4.78, 5) is 25.4. The fourth-order valence-electron chi connectivity index (χ4n) is 9.64. The van der Waals surface area contributed by atoms with E-state index in [1.165, 1.54) is 0 Å². The molecule has 4 aliphatic rings. The van der Waals surface area contributed by atoms with E-state index in [9.17, 15) is 14.7 Å². The maximum atomic E-state index is 13.5. The van der Waals surface area contributed by atoms with E-state index in [0.29, 0.717) is 13.0 Å². The van der Waals surface area contributed by atoms with Crippen LogP contribution in [-0.4, -0.2) is 39.3 Å². The van der Waals surface area contributed by atoms with Gasteiger partial charge >= 0.3 is 5.97 Å². The second-order valence-corrected chi connectivity index (χ2v) is 12.9. The lowest BCUT2D eigenvalue weighted by Gasteiger charge is -2.51. The quantitative estimate of drug-likeness (QED) is 0.263. The zero-order valence-electron chi connectivity index (χ0n) is 23.9. The summed E-state index contributed by atoms with van der Waals surface area (Å²) in [6.07, 6.45) is 2.05. The van der Waals surface area contributed by atoms with E-state index >= 15 is 0 Å². The topological polar surface area (TPSA) is 94.7 Å². The van der Waals surface area contributed by atoms with E-state index in [4.69, 9.17) is 9.47 Å². The summed E-state index contributed by atoms with van der Waals surface area (Å²) < 4.78 is 18.5. The van der Waals surface area contributed by atoms with Crippen molar-refractivity contribution < 1.29 is 24.2 Å². The highest BCUT2D eigenvalue weighted by Gasteiger charge is 2.65. The van der Waals surface area contributed by atoms with Gasteiger partial charge in [-0.3, -0.25) is 9.59 Å². The Morgan fingerprint density at radius 1 is 1.10 bits per heavy atom. The van der Waals surface area contributed by atoms with E-state index in [2.05, 4.69) is 70.8 Å². The largest absolute Gasteiger partial charge is 0.481 e. The molecule has 1 saturated carbocycles. The molecule has 3 aromatic carbocycles. The molecule has 3 aliphatic heterocycles. The summed E-state index contributed by atoms with van der Waals surface area (Å²) in [7, 11) is 1.77. The van der Waals surface area contributed by atoms with Crippen molar-refractivity contribution in [3.63, 3.8) is 0 Å². The zero-order chi connectivity index (χ0) is 28.7. The molecule has 2 N–H and O–H groups in total. The normalized spacial score (nSPS) is 31.3. The number of hydrogen-bond donors (Lipinski definition) is 2. The van der Waals surface area contributed by atoms with E-state index in [1.807, 2.05) is 6.07 Å². The summed E-state index contributed by atoms with van der Waals surface area (Å²) in [6, 6.07) is 16.8. The number of fused-ring (bicyclic) bond motifs is 13. The van der Waals surface area contributed by atoms with Crippen molar-refractivity contribution in [3.05, 3.63) is 59.7 Å². The summed E-state index contributed by atoms with van der Waals surface area (Å²) in [5, 5.41) is 17.1. The van der Waals surface area contributed by atoms with Gasteiger partial charge in [-0.1, -0.05) is 43.3 Å². The second-order valence-electron chi connectivity index (χ2n) is 12.9. The number of nitrogens with one attached hydrogen (secondary N) is 1. The minimum atomic E-state index is -0.875. The summed E-state index contributed by atoms with van der Waals surface area (Å²) >= 11 is 0. The Labute approximate surface area is 242 Å². The van der Waals surface area contributed by atoms with Crippen LogP contribution in [0.3, 0.4) is 0 Å². The second kappa shape index (κ2) is 7.94. The zero-order valence-corrected chi connectivity index (χ0v) is 23.9. The Morgan fingerprint density at radius 2 is 1.81 bits per heavy atom. The molecule has 1 amide bonds. The average molecular weight is 564 g/mol. The third-order valence-corrected chi connectivity index (χ3v) is 11.3. The van der Waals surface area contributed by atoms with E-state index < -0.39 is 11.7 Å². The number of hydrogen-bond acceptors (Lipinski definition) is 4. The van der Waals surface area contributed by atoms with Crippen molar-refractivity contribution in [3.8, 4) is 0 Å². The first-order valence-corrected chi connectivity index (χ1v) is 15.1. The number of carboxylic acid groups (broad SMARTS) is 1. The Morgan fingerprint density at radius 3 is 2.52 bits per heavy atom. The first kappa shape index (κ1) is 24.7. The molecule has 8 nitrogen and oxygen atoms in total. The molecule has 2 unspecified atom stereocenters. The minimum absolute atomic E-state index is 0.0296. The summed E-state index contributed by atoms with van der Waals surface area (Å²) in [6.45, 7) is 4.84. The SMILES string of the molecule is CCC1([C@@H]2C[C@H]3O[C@@](C)([C@@H]2OC)n2c4ccccc4c4c5c(c6c7ccccc7n3c6c42)C(=O)NC5)CC1CC(=O)O. The number of ether oxygens (including phenoxy) is 2. The Kier molecular flexibility index (Phi) is 4.67. The standard InChI is InChI=1S/C34H33N3O5/c1-4-34(15-17(34)13-25(38)39)21-14-24-36-22-11-7-5-9-18(22)27-28-20(16-35-32(28)40)26-19-10-6-8-12-23(19)37(30(26)29(27)36)33(2,42-24)31(21)41-3/h5-12,17,21,24,31H,4,13-16H2,1-3H3,(H,35,40)(H,38,39)/t17?,21-,24-,31-,33+,34?/m1/s1. The molecule has 2 aromatic heterocycles. The molecular formula is C34H33N3O5. The van der Waals surface area contributed by atoms with E-state index in [-0.39, 0.29) is 41.9 Å². The van der Waals surface area contributed by atoms with Crippen LogP contribution in [0, 0.1) is 17.3 Å². The van der Waals surface area contributed by atoms with Crippen LogP contribution in [0.5, 0.6) is 0 Å². The Balaban J connectivity index is 1.45. The molecule has 2 bridgehead atoms. The van der Waals surface area contributed by atoms with Crippen LogP contribution in [0.4, 0.5) is 0 Å². The highest BCUT2D eigenvalue weighted by Crippen LogP contribution is 2.68. The van der Waals surface area contributed by atoms with E-state index in [0.717, 1.165) is 67.6 Å². The van der Waals surface area contributed by atoms with Gasteiger partial charge in [-0.2, -0.15) is 0 Å². The average Bonchev–Trinajstić information content (AvgIpc) is 3.23. The number of rotatable bonds is 5. The van der Waals surface area contributed by atoms with Crippen LogP contribution in [0.15, 0.2) is 48.5 Å². The number of nitrogens with zero attached hydrogens (tertiary/aromatic N) is 2. The number of carbonyl (C=O) groups excluding carboxylic acids is 1. The van der Waals surface area contributed by atoms with Crippen molar-refractivity contribution in [2.24, 2.45) is 17.3 Å². The van der Waals surface area contributed by atoms with Gasteiger partial charge in [-0.05, 0) is 55.2 Å². The van der Waals surface area contributed by atoms with Crippen LogP contribution in [0.1, 0.15) is 61.7 Å². The number of aliphatic carboxylic acids is 1. The lowest BCUT2D eigenvalue weighted by molar-refractivity contribution is -0.276. The molecule has 8 heteroatoms. The summed E-state index contributed by atoms with van der Waals surface area (Å²) in [5.41, 5.74) is 5.01. The maximum absolute atomic E-state index is 13.5. The number of carbonyl (C=O) groups is 2. The number of aromatic nitrogens is 2. The van der Waals surface area contributed by atoms with Crippen LogP contribution < -0.4 is 5.32 Å². The molecule has 9 rings (SSSR count). The van der Waals surface area contributed by atoms with Gasteiger partial charge in [0.15, 0.2) is 5.72 Å². The number of benzene rings is 3. The molecule has 42 heavy (non-hydrogen) atoms. The molecule has 1 saturated heterocycles. The molecule has 214 valence electrons. The number of carboxylic acids is 1. The Hall–Kier alpha value is -3.88. The van der Waals surface area contributed by atoms with Crippen molar-refractivity contribution in [1.29, 1.82) is 0 Å². The van der Waals surface area contributed by atoms with Gasteiger partial charge in [0.1, 0.15) is 12.3 Å². The van der Waals surface area contributed by atoms with Crippen molar-refractivity contribution >= 4 is 55.5 Å². The van der Waals surface area contributed by atoms with Crippen LogP contribution in [0.25, 0.3) is 43.6 Å². The molecule has 0 spiro atoms. The lowest BCUT2D eigenvalue weighted by Crippen LogP contribution is -2.56. The first-order valence-electron chi connectivity index (χ1n) is 15.1. The highest BCUT2D eigenvalue weighted by molar-refractivity contribution is 6.31. The molecule has 1 aliphatic carbocycles. The minimum Gasteiger partial charge on any atom is -0.481 e. The van der Waals surface area contributed by atoms with Crippen LogP contribution in [0.2, 0.25) is 0 Å². The molecule has 6 atom stereocenters. The fourth-order valence-corrected chi connectivity index (χ4v) is 9.64. The third-order valence-electron chi connectivity index (χ3n) is 11.3. The number of para-hydroxylation sites is 2. The van der Waals surface area contributed by atoms with E-state index in [1.54, 1.807) is 7.11 Å². The van der Waals surface area contributed by atoms with Crippen molar-refractivity contribution in [2.45, 2.75) is 64.1 Å². The predicted octanol–water partition coefficient (Wildman–Crippen LogP) is 6.27. The van der Waals surface area contributed by atoms with Gasteiger partial charge < -0.3 is 29.0 Å². The predicted molar refractivity (Wildman–Crippen MR) is 159 cm³/mol. The van der Waals surface area contributed by atoms with Gasteiger partial charge in [-0.25, -0.2) is 0 Å². The van der Waals surface area contributed by atoms with Crippen molar-refractivity contribution in [2.75, 3.05) is 7.11 Å². The van der Waals surface area contributed by atoms with Gasteiger partial charge in [0.25, 0.3) is 5.91 Å². The van der Waals surface area contributed by atoms with Crippen LogP contribution in [-0.2, 0) is 26.5 Å². The maximum Gasteiger partial charge on any atom is 0.303 e. The molecule has 2 fully saturated rings. The smallest absolute Gasteiger partial charge is 0.303 e. The van der Waals surface area contributed by atoms with Crippen molar-refractivity contribution in [1.82, 2.24) is 14.5 Å². The fraction of sp³-hybridized carbons (Fsp3) is 0.412.